The van der Waals surface area contributed by atoms with Crippen LogP contribution in [0.1, 0.15) is 27.0 Å². The van der Waals surface area contributed by atoms with E-state index in [4.69, 9.17) is 16.2 Å². The summed E-state index contributed by atoms with van der Waals surface area (Å²) in [7, 11) is 0. The lowest BCUT2D eigenvalue weighted by Gasteiger charge is -2.15. The number of aryl methyl sites for hydroxylation is 2. The molecule has 1 amide bonds. The normalized spacial score (nSPS) is 10.3. The summed E-state index contributed by atoms with van der Waals surface area (Å²) in [6.45, 7) is 5.98. The minimum absolute atomic E-state index is 0.264. The molecule has 20 heavy (non-hydrogen) atoms. The molecule has 0 saturated heterocycles. The van der Waals surface area contributed by atoms with Crippen molar-refractivity contribution in [3.8, 4) is 11.5 Å². The lowest BCUT2D eigenvalue weighted by atomic mass is 10.1. The zero-order valence-corrected chi connectivity index (χ0v) is 11.9. The molecule has 4 heteroatoms. The number of primary amides is 1. The van der Waals surface area contributed by atoms with Crippen molar-refractivity contribution in [3.05, 3.63) is 52.6 Å². The Balaban J connectivity index is 2.49. The van der Waals surface area contributed by atoms with Crippen LogP contribution in [0.3, 0.4) is 0 Å². The van der Waals surface area contributed by atoms with Crippen LogP contribution in [0.15, 0.2) is 30.3 Å². The molecule has 0 aliphatic heterocycles. The lowest BCUT2D eigenvalue weighted by Crippen LogP contribution is -2.13. The third kappa shape index (κ3) is 2.45. The highest BCUT2D eigenvalue weighted by Gasteiger charge is 2.13. The highest BCUT2D eigenvalue weighted by Crippen LogP contribution is 2.34. The van der Waals surface area contributed by atoms with Gasteiger partial charge in [-0.15, -0.1) is 0 Å². The molecule has 2 aromatic carbocycles. The fourth-order valence-corrected chi connectivity index (χ4v) is 2.04. The van der Waals surface area contributed by atoms with Gasteiger partial charge < -0.3 is 16.2 Å². The van der Waals surface area contributed by atoms with Gasteiger partial charge in [-0.2, -0.15) is 0 Å². The minimum Gasteiger partial charge on any atom is -0.455 e. The standard InChI is InChI=1S/C16H18N2O2/c1-9-7-8-10(2)15(11(9)3)20-13-6-4-5-12(14(13)17)16(18)19/h4-8H,17H2,1-3H3,(H2,18,19). The Morgan fingerprint density at radius 3 is 2.35 bits per heavy atom. The fourth-order valence-electron chi connectivity index (χ4n) is 2.04. The maximum Gasteiger partial charge on any atom is 0.250 e. The Labute approximate surface area is 118 Å². The Morgan fingerprint density at radius 1 is 1.05 bits per heavy atom. The monoisotopic (exact) mass is 270 g/mol. The maximum absolute atomic E-state index is 11.3. The van der Waals surface area contributed by atoms with E-state index in [0.717, 1.165) is 22.4 Å². The fraction of sp³-hybridized carbons (Fsp3) is 0.188. The lowest BCUT2D eigenvalue weighted by molar-refractivity contribution is 0.100. The number of amides is 1. The van der Waals surface area contributed by atoms with Gasteiger partial charge in [0.1, 0.15) is 5.75 Å². The summed E-state index contributed by atoms with van der Waals surface area (Å²) in [6, 6.07) is 9.04. The third-order valence-corrected chi connectivity index (χ3v) is 3.42. The molecule has 0 radical (unpaired) electrons. The van der Waals surface area contributed by atoms with E-state index < -0.39 is 5.91 Å². The minimum atomic E-state index is -0.564. The van der Waals surface area contributed by atoms with Gasteiger partial charge in [0.2, 0.25) is 0 Å². The first-order chi connectivity index (χ1) is 9.41. The molecule has 4 N–H and O–H groups in total. The quantitative estimate of drug-likeness (QED) is 0.841. The number of benzene rings is 2. The number of hydrogen-bond donors (Lipinski definition) is 2. The van der Waals surface area contributed by atoms with E-state index >= 15 is 0 Å². The molecule has 104 valence electrons. The van der Waals surface area contributed by atoms with Crippen molar-refractivity contribution in [1.82, 2.24) is 0 Å². The average Bonchev–Trinajstić information content (AvgIpc) is 2.40. The number of para-hydroxylation sites is 1. The summed E-state index contributed by atoms with van der Waals surface area (Å²) in [5.41, 5.74) is 15.0. The zero-order chi connectivity index (χ0) is 14.9. The van der Waals surface area contributed by atoms with Crippen molar-refractivity contribution in [1.29, 1.82) is 0 Å². The third-order valence-electron chi connectivity index (χ3n) is 3.42. The van der Waals surface area contributed by atoms with Gasteiger partial charge in [0.05, 0.1) is 11.3 Å². The summed E-state index contributed by atoms with van der Waals surface area (Å²) in [4.78, 5) is 11.3. The summed E-state index contributed by atoms with van der Waals surface area (Å²) >= 11 is 0. The second-order valence-electron chi connectivity index (χ2n) is 4.84. The molecular formula is C16H18N2O2. The van der Waals surface area contributed by atoms with Crippen molar-refractivity contribution in [2.75, 3.05) is 5.73 Å². The van der Waals surface area contributed by atoms with Crippen LogP contribution in [0.4, 0.5) is 5.69 Å². The van der Waals surface area contributed by atoms with Crippen LogP contribution < -0.4 is 16.2 Å². The Bertz CT molecular complexity index is 678. The molecule has 0 atom stereocenters. The van der Waals surface area contributed by atoms with Gasteiger partial charge in [0.15, 0.2) is 5.75 Å². The highest BCUT2D eigenvalue weighted by molar-refractivity contribution is 5.99. The molecule has 4 nitrogen and oxygen atoms in total. The van der Waals surface area contributed by atoms with Gasteiger partial charge in [-0.05, 0) is 49.6 Å². The van der Waals surface area contributed by atoms with Crippen molar-refractivity contribution >= 4 is 11.6 Å². The predicted octanol–water partition coefficient (Wildman–Crippen LogP) is 3.09. The van der Waals surface area contributed by atoms with Crippen LogP contribution in [0.2, 0.25) is 0 Å². The van der Waals surface area contributed by atoms with E-state index in [-0.39, 0.29) is 11.3 Å². The SMILES string of the molecule is Cc1ccc(C)c(Oc2cccc(C(N)=O)c2N)c1C. The molecule has 0 aliphatic carbocycles. The molecule has 0 bridgehead atoms. The number of rotatable bonds is 3. The first kappa shape index (κ1) is 13.9. The topological polar surface area (TPSA) is 78.3 Å². The first-order valence-electron chi connectivity index (χ1n) is 6.34. The first-order valence-corrected chi connectivity index (χ1v) is 6.34. The second kappa shape index (κ2) is 5.25. The van der Waals surface area contributed by atoms with Crippen LogP contribution >= 0.6 is 0 Å². The van der Waals surface area contributed by atoms with Crippen LogP contribution in [-0.2, 0) is 0 Å². The molecule has 2 aromatic rings. The zero-order valence-electron chi connectivity index (χ0n) is 11.9. The average molecular weight is 270 g/mol. The number of nitrogen functional groups attached to an aromatic ring is 1. The summed E-state index contributed by atoms with van der Waals surface area (Å²) in [5.74, 6) is 0.641. The molecule has 0 unspecified atom stereocenters. The second-order valence-corrected chi connectivity index (χ2v) is 4.84. The van der Waals surface area contributed by atoms with Crippen molar-refractivity contribution in [2.45, 2.75) is 20.8 Å². The van der Waals surface area contributed by atoms with E-state index in [1.165, 1.54) is 0 Å². The summed E-state index contributed by atoms with van der Waals surface area (Å²) in [6.07, 6.45) is 0. The predicted molar refractivity (Wildman–Crippen MR) is 80.1 cm³/mol. The Hall–Kier alpha value is -2.49. The van der Waals surface area contributed by atoms with Crippen molar-refractivity contribution in [3.63, 3.8) is 0 Å². The number of anilines is 1. The van der Waals surface area contributed by atoms with E-state index in [1.54, 1.807) is 18.2 Å². The van der Waals surface area contributed by atoms with Gasteiger partial charge in [-0.3, -0.25) is 4.79 Å². The smallest absolute Gasteiger partial charge is 0.250 e. The van der Waals surface area contributed by atoms with Gasteiger partial charge in [-0.1, -0.05) is 18.2 Å². The molecule has 0 spiro atoms. The van der Waals surface area contributed by atoms with Gasteiger partial charge in [-0.25, -0.2) is 0 Å². The summed E-state index contributed by atoms with van der Waals surface area (Å²) in [5, 5.41) is 0. The van der Waals surface area contributed by atoms with Gasteiger partial charge in [0, 0.05) is 0 Å². The van der Waals surface area contributed by atoms with E-state index in [1.807, 2.05) is 32.9 Å². The van der Waals surface area contributed by atoms with E-state index in [2.05, 4.69) is 0 Å². The highest BCUT2D eigenvalue weighted by atomic mass is 16.5. The summed E-state index contributed by atoms with van der Waals surface area (Å²) < 4.78 is 5.91. The molecule has 0 heterocycles. The molecule has 2 rings (SSSR count). The van der Waals surface area contributed by atoms with Crippen LogP contribution in [0, 0.1) is 20.8 Å². The van der Waals surface area contributed by atoms with Crippen LogP contribution in [-0.4, -0.2) is 5.91 Å². The van der Waals surface area contributed by atoms with Crippen molar-refractivity contribution in [2.24, 2.45) is 5.73 Å². The molecular weight excluding hydrogens is 252 g/mol. The van der Waals surface area contributed by atoms with E-state index in [0.29, 0.717) is 5.75 Å². The number of nitrogens with two attached hydrogens (primary N) is 2. The number of carbonyl (C=O) groups is 1. The van der Waals surface area contributed by atoms with Gasteiger partial charge in [0.25, 0.3) is 5.91 Å². The number of ether oxygens (including phenoxy) is 1. The number of hydrogen-bond acceptors (Lipinski definition) is 3. The van der Waals surface area contributed by atoms with E-state index in [9.17, 15) is 4.79 Å². The Kier molecular flexibility index (Phi) is 3.66. The maximum atomic E-state index is 11.3. The largest absolute Gasteiger partial charge is 0.455 e. The van der Waals surface area contributed by atoms with Crippen LogP contribution in [0.25, 0.3) is 0 Å². The van der Waals surface area contributed by atoms with Crippen molar-refractivity contribution < 1.29 is 9.53 Å². The van der Waals surface area contributed by atoms with Gasteiger partial charge >= 0.3 is 0 Å². The van der Waals surface area contributed by atoms with Crippen LogP contribution in [0.5, 0.6) is 11.5 Å². The number of carbonyl (C=O) groups excluding carboxylic acids is 1. The molecule has 0 saturated carbocycles. The Morgan fingerprint density at radius 2 is 1.70 bits per heavy atom. The molecule has 0 fully saturated rings. The molecule has 0 aromatic heterocycles. The molecule has 0 aliphatic rings.